The molecule has 1 saturated heterocycles. The van der Waals surface area contributed by atoms with E-state index in [9.17, 15) is 4.79 Å². The molecule has 1 spiro atoms. The van der Waals surface area contributed by atoms with E-state index in [1.54, 1.807) is 0 Å². The van der Waals surface area contributed by atoms with Crippen molar-refractivity contribution < 1.29 is 9.53 Å². The van der Waals surface area contributed by atoms with Crippen LogP contribution in [0, 0.1) is 5.41 Å². The highest BCUT2D eigenvalue weighted by atomic mass is 16.5. The molecule has 3 aromatic rings. The van der Waals surface area contributed by atoms with Crippen LogP contribution in [0.2, 0.25) is 0 Å². The molecule has 0 unspecified atom stereocenters. The minimum absolute atomic E-state index is 0.257. The van der Waals surface area contributed by atoms with Gasteiger partial charge in [-0.1, -0.05) is 30.7 Å². The normalized spacial score (nSPS) is 19.5. The number of pyridine rings is 1. The predicted molar refractivity (Wildman–Crippen MR) is 138 cm³/mol. The third-order valence-corrected chi connectivity index (χ3v) is 7.74. The summed E-state index contributed by atoms with van der Waals surface area (Å²) < 4.78 is 8.23. The minimum atomic E-state index is -0.257. The third kappa shape index (κ3) is 5.27. The molecule has 0 saturated carbocycles. The first-order chi connectivity index (χ1) is 17.1. The molecule has 0 atom stereocenters. The quantitative estimate of drug-likeness (QED) is 0.554. The van der Waals surface area contributed by atoms with E-state index in [4.69, 9.17) is 4.74 Å². The SMILES string of the molecule is CN1CCOc2ccccc2CCCCC2(CCN(Cc3cccn3-c3ccccn3)CC2)C1=O. The first-order valence-corrected chi connectivity index (χ1v) is 12.9. The fourth-order valence-corrected chi connectivity index (χ4v) is 5.63. The van der Waals surface area contributed by atoms with Gasteiger partial charge in [0, 0.05) is 31.7 Å². The monoisotopic (exact) mass is 472 g/mol. The lowest BCUT2D eigenvalue weighted by molar-refractivity contribution is -0.145. The van der Waals surface area contributed by atoms with Crippen molar-refractivity contribution in [3.8, 4) is 11.6 Å². The number of aromatic nitrogens is 2. The number of fused-ring (bicyclic) bond motifs is 1. The van der Waals surface area contributed by atoms with Crippen molar-refractivity contribution in [2.24, 2.45) is 5.41 Å². The second-order valence-electron chi connectivity index (χ2n) is 10.0. The third-order valence-electron chi connectivity index (χ3n) is 7.74. The zero-order chi connectivity index (χ0) is 24.1. The van der Waals surface area contributed by atoms with Crippen LogP contribution in [0.25, 0.3) is 5.82 Å². The lowest BCUT2D eigenvalue weighted by atomic mass is 9.73. The van der Waals surface area contributed by atoms with E-state index in [-0.39, 0.29) is 5.41 Å². The number of amides is 1. The number of nitrogens with zero attached hydrogens (tertiary/aromatic N) is 4. The molecule has 2 aliphatic rings. The number of para-hydroxylation sites is 1. The number of benzene rings is 1. The van der Waals surface area contributed by atoms with E-state index in [2.05, 4.69) is 44.9 Å². The van der Waals surface area contributed by atoms with Gasteiger partial charge in [0.25, 0.3) is 0 Å². The van der Waals surface area contributed by atoms with Crippen LogP contribution in [0.15, 0.2) is 67.0 Å². The summed E-state index contributed by atoms with van der Waals surface area (Å²) in [5.74, 6) is 2.21. The fourth-order valence-electron chi connectivity index (χ4n) is 5.63. The Morgan fingerprint density at radius 3 is 2.60 bits per heavy atom. The molecule has 4 heterocycles. The molecule has 6 heteroatoms. The molecule has 1 amide bonds. The van der Waals surface area contributed by atoms with Crippen LogP contribution < -0.4 is 4.74 Å². The molecule has 5 rings (SSSR count). The molecular formula is C29H36N4O2. The Hall–Kier alpha value is -3.12. The number of carbonyl (C=O) groups is 1. The smallest absolute Gasteiger partial charge is 0.228 e. The maximum atomic E-state index is 13.7. The fraction of sp³-hybridized carbons (Fsp3) is 0.448. The van der Waals surface area contributed by atoms with E-state index in [1.807, 2.05) is 48.5 Å². The Bertz CT molecular complexity index is 1120. The molecule has 6 nitrogen and oxygen atoms in total. The van der Waals surface area contributed by atoms with Crippen molar-refractivity contribution in [2.75, 3.05) is 33.3 Å². The standard InChI is InChI=1S/C29H36N4O2/c1-31-21-22-35-26-12-3-2-9-24(26)10-4-6-14-29(28(31)34)15-19-32(20-16-29)23-25-11-8-18-33(25)27-13-5-7-17-30-27/h2-3,5,7-9,11-13,17-18H,4,6,10,14-16,19-23H2,1H3. The molecular weight excluding hydrogens is 436 g/mol. The Morgan fingerprint density at radius 2 is 1.77 bits per heavy atom. The average Bonchev–Trinajstić information content (AvgIpc) is 3.36. The highest BCUT2D eigenvalue weighted by molar-refractivity contribution is 5.82. The second kappa shape index (κ2) is 10.6. The maximum Gasteiger partial charge on any atom is 0.228 e. The minimum Gasteiger partial charge on any atom is -0.491 e. The zero-order valence-corrected chi connectivity index (χ0v) is 20.7. The highest BCUT2D eigenvalue weighted by Crippen LogP contribution is 2.39. The van der Waals surface area contributed by atoms with E-state index in [0.29, 0.717) is 19.1 Å². The molecule has 0 aliphatic carbocycles. The molecule has 2 aromatic heterocycles. The van der Waals surface area contributed by atoms with E-state index in [1.165, 1.54) is 11.3 Å². The topological polar surface area (TPSA) is 50.6 Å². The van der Waals surface area contributed by atoms with Crippen molar-refractivity contribution in [3.63, 3.8) is 0 Å². The molecule has 0 bridgehead atoms. The van der Waals surface area contributed by atoms with Crippen molar-refractivity contribution in [1.82, 2.24) is 19.4 Å². The molecule has 1 fully saturated rings. The van der Waals surface area contributed by atoms with Crippen LogP contribution in [-0.4, -0.2) is 58.5 Å². The van der Waals surface area contributed by atoms with Gasteiger partial charge in [-0.05, 0) is 81.1 Å². The number of hydrogen-bond donors (Lipinski definition) is 0. The summed E-state index contributed by atoms with van der Waals surface area (Å²) in [5.41, 5.74) is 2.26. The van der Waals surface area contributed by atoms with Gasteiger partial charge in [0.15, 0.2) is 0 Å². The lowest BCUT2D eigenvalue weighted by Crippen LogP contribution is -2.50. The largest absolute Gasteiger partial charge is 0.491 e. The van der Waals surface area contributed by atoms with Crippen molar-refractivity contribution in [2.45, 2.75) is 45.1 Å². The summed E-state index contributed by atoms with van der Waals surface area (Å²) in [4.78, 5) is 22.6. The summed E-state index contributed by atoms with van der Waals surface area (Å²) in [6, 6.07) is 18.6. The van der Waals surface area contributed by atoms with Crippen molar-refractivity contribution in [3.05, 3.63) is 78.2 Å². The van der Waals surface area contributed by atoms with Gasteiger partial charge in [0.2, 0.25) is 5.91 Å². The van der Waals surface area contributed by atoms with Crippen LogP contribution in [-0.2, 0) is 17.8 Å². The van der Waals surface area contributed by atoms with E-state index < -0.39 is 0 Å². The second-order valence-corrected chi connectivity index (χ2v) is 10.0. The average molecular weight is 473 g/mol. The van der Waals surface area contributed by atoms with Gasteiger partial charge in [0.05, 0.1) is 12.0 Å². The molecule has 0 radical (unpaired) electrons. The molecule has 1 aromatic carbocycles. The van der Waals surface area contributed by atoms with Crippen LogP contribution in [0.4, 0.5) is 0 Å². The predicted octanol–water partition coefficient (Wildman–Crippen LogP) is 4.72. The van der Waals surface area contributed by atoms with Crippen LogP contribution in [0.3, 0.4) is 0 Å². The number of aryl methyl sites for hydroxylation is 1. The number of likely N-dealkylation sites (N-methyl/N-ethyl adjacent to an activating group) is 1. The Kier molecular flexibility index (Phi) is 7.19. The van der Waals surface area contributed by atoms with Crippen LogP contribution >= 0.6 is 0 Å². The summed E-state index contributed by atoms with van der Waals surface area (Å²) in [6.07, 6.45) is 9.87. The zero-order valence-electron chi connectivity index (χ0n) is 20.7. The van der Waals surface area contributed by atoms with Gasteiger partial charge < -0.3 is 14.2 Å². The van der Waals surface area contributed by atoms with Gasteiger partial charge in [-0.25, -0.2) is 4.98 Å². The molecule has 2 aliphatic heterocycles. The number of carbonyl (C=O) groups excluding carboxylic acids is 1. The van der Waals surface area contributed by atoms with E-state index in [0.717, 1.165) is 69.7 Å². The lowest BCUT2D eigenvalue weighted by Gasteiger charge is -2.43. The summed E-state index contributed by atoms with van der Waals surface area (Å²) in [6.45, 7) is 3.90. The summed E-state index contributed by atoms with van der Waals surface area (Å²) in [7, 11) is 1.94. The number of rotatable bonds is 3. The first-order valence-electron chi connectivity index (χ1n) is 12.9. The number of ether oxygens (including phenoxy) is 1. The van der Waals surface area contributed by atoms with Crippen LogP contribution in [0.5, 0.6) is 5.75 Å². The Labute approximate surface area is 208 Å². The molecule has 35 heavy (non-hydrogen) atoms. The van der Waals surface area contributed by atoms with Gasteiger partial charge in [-0.15, -0.1) is 0 Å². The number of hydrogen-bond acceptors (Lipinski definition) is 4. The summed E-state index contributed by atoms with van der Waals surface area (Å²) >= 11 is 0. The maximum absolute atomic E-state index is 13.7. The summed E-state index contributed by atoms with van der Waals surface area (Å²) in [5, 5.41) is 0. The van der Waals surface area contributed by atoms with Gasteiger partial charge in [0.1, 0.15) is 18.2 Å². The number of likely N-dealkylation sites (tertiary alicyclic amines) is 1. The van der Waals surface area contributed by atoms with Gasteiger partial charge >= 0.3 is 0 Å². The van der Waals surface area contributed by atoms with Crippen LogP contribution in [0.1, 0.15) is 43.4 Å². The molecule has 184 valence electrons. The Balaban J connectivity index is 1.25. The van der Waals surface area contributed by atoms with Gasteiger partial charge in [-0.3, -0.25) is 9.69 Å². The van der Waals surface area contributed by atoms with Gasteiger partial charge in [-0.2, -0.15) is 0 Å². The molecule has 0 N–H and O–H groups in total. The van der Waals surface area contributed by atoms with E-state index >= 15 is 0 Å². The Morgan fingerprint density at radius 1 is 0.943 bits per heavy atom. The first kappa shape index (κ1) is 23.6. The highest BCUT2D eigenvalue weighted by Gasteiger charge is 2.42. The van der Waals surface area contributed by atoms with Crippen molar-refractivity contribution >= 4 is 5.91 Å². The number of piperidine rings is 1. The van der Waals surface area contributed by atoms with Crippen molar-refractivity contribution in [1.29, 1.82) is 0 Å².